The van der Waals surface area contributed by atoms with Gasteiger partial charge in [0.15, 0.2) is 0 Å². The van der Waals surface area contributed by atoms with Gasteiger partial charge in [0.2, 0.25) is 0 Å². The van der Waals surface area contributed by atoms with E-state index in [1.54, 1.807) is 0 Å². The minimum atomic E-state index is -0.487. The van der Waals surface area contributed by atoms with Crippen LogP contribution >= 0.6 is 0 Å². The SMILES string of the molecule is c1cc(-c2ccc3c4c(c5ccccc5c3c2)-c2c(ccc3ccccc23)C42c3ccccc3-c3ccccc32)cc(-c2c3ccccc3c(-c3cc4ccccc4c4ccccc34)c3ccccc23)c1. The van der Waals surface area contributed by atoms with Gasteiger partial charge in [-0.1, -0.05) is 237 Å². The molecule has 0 nitrogen and oxygen atoms in total. The fraction of sp³-hybridized carbons (Fsp3) is 0.0141. The molecular formula is C71H42. The van der Waals surface area contributed by atoms with Crippen LogP contribution in [-0.4, -0.2) is 0 Å². The van der Waals surface area contributed by atoms with Gasteiger partial charge in [0.05, 0.1) is 5.41 Å². The van der Waals surface area contributed by atoms with E-state index >= 15 is 0 Å². The van der Waals surface area contributed by atoms with Crippen LogP contribution in [0.3, 0.4) is 0 Å². The Morgan fingerprint density at radius 1 is 0.197 bits per heavy atom. The number of benzene rings is 14. The molecule has 0 heterocycles. The number of hydrogen-bond acceptors (Lipinski definition) is 0. The Morgan fingerprint density at radius 2 is 0.690 bits per heavy atom. The second-order valence-corrected chi connectivity index (χ2v) is 19.7. The van der Waals surface area contributed by atoms with E-state index in [9.17, 15) is 0 Å². The fourth-order valence-corrected chi connectivity index (χ4v) is 13.6. The Kier molecular flexibility index (Phi) is 7.91. The summed E-state index contributed by atoms with van der Waals surface area (Å²) in [6, 6.07) is 96.2. The Balaban J connectivity index is 0.946. The molecule has 16 rings (SSSR count). The summed E-state index contributed by atoms with van der Waals surface area (Å²) in [5, 5.41) is 17.9. The van der Waals surface area contributed by atoms with E-state index in [1.165, 1.54) is 153 Å². The zero-order valence-electron chi connectivity index (χ0n) is 38.7. The van der Waals surface area contributed by atoms with Crippen LogP contribution in [0.5, 0.6) is 0 Å². The van der Waals surface area contributed by atoms with E-state index in [1.807, 2.05) is 0 Å². The quantitative estimate of drug-likeness (QED) is 0.122. The molecule has 2 aliphatic carbocycles. The molecule has 0 atom stereocenters. The van der Waals surface area contributed by atoms with E-state index < -0.39 is 5.41 Å². The molecule has 0 unspecified atom stereocenters. The van der Waals surface area contributed by atoms with Gasteiger partial charge in [-0.15, -0.1) is 0 Å². The molecule has 14 aromatic rings. The molecule has 0 heteroatoms. The Hall–Kier alpha value is -9.10. The summed E-state index contributed by atoms with van der Waals surface area (Å²) in [7, 11) is 0. The third-order valence-corrected chi connectivity index (χ3v) is 16.4. The normalized spacial score (nSPS) is 13.2. The highest BCUT2D eigenvalue weighted by Gasteiger charge is 2.53. The summed E-state index contributed by atoms with van der Waals surface area (Å²) in [6.07, 6.45) is 0. The summed E-state index contributed by atoms with van der Waals surface area (Å²) in [6.45, 7) is 0. The van der Waals surface area contributed by atoms with Crippen LogP contribution in [0.1, 0.15) is 22.3 Å². The minimum absolute atomic E-state index is 0.487. The Morgan fingerprint density at radius 3 is 1.37 bits per heavy atom. The van der Waals surface area contributed by atoms with Gasteiger partial charge in [-0.25, -0.2) is 0 Å². The fourth-order valence-electron chi connectivity index (χ4n) is 13.6. The summed E-state index contributed by atoms with van der Waals surface area (Å²) < 4.78 is 0. The highest BCUT2D eigenvalue weighted by molar-refractivity contribution is 6.27. The first-order chi connectivity index (χ1) is 35.3. The van der Waals surface area contributed by atoms with Crippen LogP contribution in [-0.2, 0) is 5.41 Å². The average molecular weight is 895 g/mol. The third-order valence-electron chi connectivity index (χ3n) is 16.4. The van der Waals surface area contributed by atoms with Crippen molar-refractivity contribution < 1.29 is 0 Å². The van der Waals surface area contributed by atoms with Crippen LogP contribution in [0.4, 0.5) is 0 Å². The van der Waals surface area contributed by atoms with E-state index in [0.717, 1.165) is 0 Å². The van der Waals surface area contributed by atoms with Gasteiger partial charge in [-0.2, -0.15) is 0 Å². The lowest BCUT2D eigenvalue weighted by molar-refractivity contribution is 0.802. The van der Waals surface area contributed by atoms with Crippen LogP contribution in [0, 0.1) is 0 Å². The molecule has 0 aromatic heterocycles. The lowest BCUT2D eigenvalue weighted by atomic mass is 9.69. The first kappa shape index (κ1) is 38.8. The average Bonchev–Trinajstić information content (AvgIpc) is 3.93. The third kappa shape index (κ3) is 5.13. The van der Waals surface area contributed by atoms with Gasteiger partial charge < -0.3 is 0 Å². The van der Waals surface area contributed by atoms with Crippen molar-refractivity contribution in [2.24, 2.45) is 0 Å². The van der Waals surface area contributed by atoms with Crippen molar-refractivity contribution in [3.63, 3.8) is 0 Å². The highest BCUT2D eigenvalue weighted by atomic mass is 14.5. The van der Waals surface area contributed by atoms with E-state index in [4.69, 9.17) is 0 Å². The second-order valence-electron chi connectivity index (χ2n) is 19.7. The highest BCUT2D eigenvalue weighted by Crippen LogP contribution is 2.66. The number of rotatable bonds is 3. The van der Waals surface area contributed by atoms with Crippen molar-refractivity contribution in [1.82, 2.24) is 0 Å². The van der Waals surface area contributed by atoms with Gasteiger partial charge in [0, 0.05) is 0 Å². The molecule has 14 aromatic carbocycles. The van der Waals surface area contributed by atoms with E-state index in [-0.39, 0.29) is 0 Å². The van der Waals surface area contributed by atoms with Crippen molar-refractivity contribution in [1.29, 1.82) is 0 Å². The first-order valence-electron chi connectivity index (χ1n) is 24.9. The topological polar surface area (TPSA) is 0 Å². The lowest BCUT2D eigenvalue weighted by Gasteiger charge is -2.32. The molecule has 0 fully saturated rings. The van der Waals surface area contributed by atoms with Crippen molar-refractivity contribution in [3.05, 3.63) is 277 Å². The minimum Gasteiger partial charge on any atom is -0.0619 e. The van der Waals surface area contributed by atoms with Gasteiger partial charge in [-0.05, 0) is 171 Å². The Bertz CT molecular complexity index is 4540. The van der Waals surface area contributed by atoms with E-state index in [2.05, 4.69) is 255 Å². The van der Waals surface area contributed by atoms with E-state index in [0.29, 0.717) is 0 Å². The molecule has 0 radical (unpaired) electrons. The summed E-state index contributed by atoms with van der Waals surface area (Å²) in [5.74, 6) is 0. The molecule has 2 aliphatic rings. The smallest absolute Gasteiger partial charge is 0.0619 e. The molecule has 0 saturated heterocycles. The zero-order valence-corrected chi connectivity index (χ0v) is 38.7. The summed E-state index contributed by atoms with van der Waals surface area (Å²) >= 11 is 0. The van der Waals surface area contributed by atoms with Gasteiger partial charge in [0.25, 0.3) is 0 Å². The molecule has 1 spiro atoms. The van der Waals surface area contributed by atoms with Crippen molar-refractivity contribution in [2.75, 3.05) is 0 Å². The predicted octanol–water partition coefficient (Wildman–Crippen LogP) is 19.1. The molecular weight excluding hydrogens is 853 g/mol. The second kappa shape index (κ2) is 14.5. The summed E-state index contributed by atoms with van der Waals surface area (Å²) in [5.41, 5.74) is 17.8. The van der Waals surface area contributed by atoms with Crippen LogP contribution < -0.4 is 0 Å². The van der Waals surface area contributed by atoms with Crippen LogP contribution in [0.25, 0.3) is 131 Å². The summed E-state index contributed by atoms with van der Waals surface area (Å²) in [4.78, 5) is 0. The largest absolute Gasteiger partial charge is 0.0732 e. The molecule has 71 heavy (non-hydrogen) atoms. The van der Waals surface area contributed by atoms with Gasteiger partial charge in [-0.3, -0.25) is 0 Å². The van der Waals surface area contributed by atoms with Crippen LogP contribution in [0.2, 0.25) is 0 Å². The number of hydrogen-bond donors (Lipinski definition) is 0. The molecule has 0 bridgehead atoms. The molecule has 0 amide bonds. The van der Waals surface area contributed by atoms with Crippen molar-refractivity contribution in [2.45, 2.75) is 5.41 Å². The predicted molar refractivity (Wildman–Crippen MR) is 302 cm³/mol. The zero-order chi connectivity index (χ0) is 46.4. The monoisotopic (exact) mass is 894 g/mol. The molecule has 0 aliphatic heterocycles. The Labute approximate surface area is 411 Å². The van der Waals surface area contributed by atoms with Gasteiger partial charge in [0.1, 0.15) is 0 Å². The van der Waals surface area contributed by atoms with Crippen molar-refractivity contribution in [3.8, 4) is 55.6 Å². The maximum Gasteiger partial charge on any atom is 0.0732 e. The standard InChI is InChI=1S/C71H42/c1-4-23-49-43(18-1)37-39-65-68(49)69-55-29-8-7-26-52(55)61-41-45(36-38-60(61)70(69)71(65)63-34-15-13-27-53(63)54-28-14-16-35-64(54)71)44-20-17-21-47(40-44)66-56-30-9-11-32-58(56)67(59-33-12-10-31-57(59)66)62-42-46-19-2-3-22-48(46)50-24-5-6-25-51(50)62/h1-42H. The maximum atomic E-state index is 2.49. The molecule has 0 saturated carbocycles. The van der Waals surface area contributed by atoms with Crippen LogP contribution in [0.15, 0.2) is 255 Å². The molecule has 0 N–H and O–H groups in total. The first-order valence-corrected chi connectivity index (χ1v) is 24.9. The lowest BCUT2D eigenvalue weighted by Crippen LogP contribution is -2.26. The van der Waals surface area contributed by atoms with Crippen molar-refractivity contribution >= 4 is 75.4 Å². The molecule has 326 valence electrons. The van der Waals surface area contributed by atoms with Gasteiger partial charge >= 0.3 is 0 Å². The number of fused-ring (bicyclic) bond motifs is 22. The maximum absolute atomic E-state index is 2.49.